The van der Waals surface area contributed by atoms with Crippen molar-refractivity contribution in [2.24, 2.45) is 0 Å². The van der Waals surface area contributed by atoms with Crippen LogP contribution < -0.4 is 5.32 Å². The molecule has 0 spiro atoms. The summed E-state index contributed by atoms with van der Waals surface area (Å²) in [5.74, 6) is 0. The number of likely N-dealkylation sites (N-methyl/N-ethyl adjacent to an activating group) is 1. The van der Waals surface area contributed by atoms with Gasteiger partial charge in [0.15, 0.2) is 0 Å². The molecule has 2 aromatic carbocycles. The molecule has 2 heteroatoms. The Balaban J connectivity index is 2.52. The van der Waals surface area contributed by atoms with Gasteiger partial charge in [0.1, 0.15) is 0 Å². The van der Waals surface area contributed by atoms with Crippen molar-refractivity contribution < 1.29 is 5.11 Å². The molecule has 0 saturated carbocycles. The van der Waals surface area contributed by atoms with Gasteiger partial charge in [-0.3, -0.25) is 0 Å². The van der Waals surface area contributed by atoms with Crippen molar-refractivity contribution in [1.82, 2.24) is 5.32 Å². The lowest BCUT2D eigenvalue weighted by molar-refractivity contribution is 0.141. The van der Waals surface area contributed by atoms with Gasteiger partial charge in [0.2, 0.25) is 0 Å². The maximum atomic E-state index is 10.2. The highest BCUT2D eigenvalue weighted by atomic mass is 16.3. The van der Waals surface area contributed by atoms with E-state index >= 15 is 0 Å². The molecule has 2 rings (SSSR count). The fourth-order valence-corrected chi connectivity index (χ4v) is 1.94. The Morgan fingerprint density at radius 3 is 2.50 bits per heavy atom. The van der Waals surface area contributed by atoms with E-state index in [0.29, 0.717) is 0 Å². The zero-order chi connectivity index (χ0) is 11.5. The maximum absolute atomic E-state index is 10.2. The first-order valence-corrected chi connectivity index (χ1v) is 5.57. The van der Waals surface area contributed by atoms with Gasteiger partial charge in [0, 0.05) is 6.04 Å². The van der Waals surface area contributed by atoms with Crippen LogP contribution in [0.25, 0.3) is 10.8 Å². The molecule has 84 valence electrons. The first kappa shape index (κ1) is 11.1. The quantitative estimate of drug-likeness (QED) is 0.824. The third-order valence-electron chi connectivity index (χ3n) is 3.07. The first-order chi connectivity index (χ1) is 7.74. The number of nitrogens with one attached hydrogen (secondary N) is 1. The van der Waals surface area contributed by atoms with Gasteiger partial charge >= 0.3 is 0 Å². The predicted molar refractivity (Wildman–Crippen MR) is 67.4 cm³/mol. The SMILES string of the molecule is CNC(C)C(O)c1cccc2ccccc12. The second-order valence-corrected chi connectivity index (χ2v) is 4.09. The van der Waals surface area contributed by atoms with E-state index in [1.807, 2.05) is 38.2 Å². The molecule has 0 radical (unpaired) electrons. The minimum absolute atomic E-state index is 0.0470. The molecule has 2 aromatic rings. The van der Waals surface area contributed by atoms with Gasteiger partial charge in [-0.1, -0.05) is 42.5 Å². The van der Waals surface area contributed by atoms with E-state index in [0.717, 1.165) is 10.9 Å². The smallest absolute Gasteiger partial charge is 0.0946 e. The van der Waals surface area contributed by atoms with Crippen LogP contribution in [0, 0.1) is 0 Å². The fourth-order valence-electron chi connectivity index (χ4n) is 1.94. The molecule has 0 aliphatic heterocycles. The number of hydrogen-bond donors (Lipinski definition) is 2. The molecular weight excluding hydrogens is 198 g/mol. The van der Waals surface area contributed by atoms with Gasteiger partial charge in [0.25, 0.3) is 0 Å². The lowest BCUT2D eigenvalue weighted by Crippen LogP contribution is -2.28. The molecule has 0 heterocycles. The van der Waals surface area contributed by atoms with Crippen molar-refractivity contribution in [2.45, 2.75) is 19.1 Å². The molecule has 0 bridgehead atoms. The van der Waals surface area contributed by atoms with Crippen molar-refractivity contribution in [3.8, 4) is 0 Å². The van der Waals surface area contributed by atoms with Gasteiger partial charge in [-0.2, -0.15) is 0 Å². The van der Waals surface area contributed by atoms with E-state index in [2.05, 4.69) is 23.5 Å². The van der Waals surface area contributed by atoms with Gasteiger partial charge < -0.3 is 10.4 Å². The van der Waals surface area contributed by atoms with Crippen LogP contribution in [0.3, 0.4) is 0 Å². The van der Waals surface area contributed by atoms with Crippen LogP contribution in [-0.2, 0) is 0 Å². The Labute approximate surface area is 95.9 Å². The predicted octanol–water partition coefficient (Wildman–Crippen LogP) is 2.48. The van der Waals surface area contributed by atoms with Gasteiger partial charge in [0.05, 0.1) is 6.10 Å². The molecule has 2 unspecified atom stereocenters. The van der Waals surface area contributed by atoms with Crippen molar-refractivity contribution in [3.63, 3.8) is 0 Å². The van der Waals surface area contributed by atoms with E-state index in [4.69, 9.17) is 0 Å². The molecule has 0 amide bonds. The zero-order valence-electron chi connectivity index (χ0n) is 9.64. The number of benzene rings is 2. The lowest BCUT2D eigenvalue weighted by Gasteiger charge is -2.20. The van der Waals surface area contributed by atoms with Crippen LogP contribution in [0.2, 0.25) is 0 Å². The first-order valence-electron chi connectivity index (χ1n) is 5.57. The minimum atomic E-state index is -0.476. The number of fused-ring (bicyclic) bond motifs is 1. The van der Waals surface area contributed by atoms with Crippen LogP contribution in [-0.4, -0.2) is 18.2 Å². The van der Waals surface area contributed by atoms with Crippen molar-refractivity contribution in [2.75, 3.05) is 7.05 Å². The number of hydrogen-bond acceptors (Lipinski definition) is 2. The van der Waals surface area contributed by atoms with Crippen LogP contribution in [0.4, 0.5) is 0 Å². The third-order valence-corrected chi connectivity index (χ3v) is 3.07. The Kier molecular flexibility index (Phi) is 3.22. The Morgan fingerprint density at radius 1 is 1.06 bits per heavy atom. The highest BCUT2D eigenvalue weighted by molar-refractivity contribution is 5.86. The fraction of sp³-hybridized carbons (Fsp3) is 0.286. The molecule has 0 aliphatic rings. The maximum Gasteiger partial charge on any atom is 0.0946 e. The Hall–Kier alpha value is -1.38. The summed E-state index contributed by atoms with van der Waals surface area (Å²) in [6.45, 7) is 1.98. The second-order valence-electron chi connectivity index (χ2n) is 4.09. The largest absolute Gasteiger partial charge is 0.387 e. The summed E-state index contributed by atoms with van der Waals surface area (Å²) in [5, 5.41) is 15.6. The van der Waals surface area contributed by atoms with Gasteiger partial charge in [-0.25, -0.2) is 0 Å². The van der Waals surface area contributed by atoms with E-state index < -0.39 is 6.10 Å². The Morgan fingerprint density at radius 2 is 1.75 bits per heavy atom. The molecule has 16 heavy (non-hydrogen) atoms. The lowest BCUT2D eigenvalue weighted by atomic mass is 9.97. The highest BCUT2D eigenvalue weighted by Crippen LogP contribution is 2.25. The minimum Gasteiger partial charge on any atom is -0.387 e. The number of aliphatic hydroxyl groups excluding tert-OH is 1. The monoisotopic (exact) mass is 215 g/mol. The molecule has 2 nitrogen and oxygen atoms in total. The summed E-state index contributed by atoms with van der Waals surface area (Å²) in [7, 11) is 1.86. The van der Waals surface area contributed by atoms with Crippen molar-refractivity contribution >= 4 is 10.8 Å². The molecule has 0 aromatic heterocycles. The van der Waals surface area contributed by atoms with Crippen LogP contribution in [0.1, 0.15) is 18.6 Å². The molecule has 2 N–H and O–H groups in total. The molecule has 0 fully saturated rings. The van der Waals surface area contributed by atoms with E-state index in [1.54, 1.807) is 0 Å². The van der Waals surface area contributed by atoms with Crippen LogP contribution in [0.15, 0.2) is 42.5 Å². The second kappa shape index (κ2) is 4.64. The summed E-state index contributed by atoms with van der Waals surface area (Å²) < 4.78 is 0. The highest BCUT2D eigenvalue weighted by Gasteiger charge is 2.16. The average Bonchev–Trinajstić information content (AvgIpc) is 2.36. The summed E-state index contributed by atoms with van der Waals surface area (Å²) in [5.41, 5.74) is 0.986. The van der Waals surface area contributed by atoms with E-state index in [1.165, 1.54) is 5.39 Å². The normalized spacial score (nSPS) is 14.9. The third kappa shape index (κ3) is 1.94. The standard InChI is InChI=1S/C14H17NO/c1-10(15-2)14(16)13-9-5-7-11-6-3-4-8-12(11)13/h3-10,14-16H,1-2H3. The summed E-state index contributed by atoms with van der Waals surface area (Å²) >= 11 is 0. The van der Waals surface area contributed by atoms with Gasteiger partial charge in [-0.15, -0.1) is 0 Å². The Bertz CT molecular complexity index is 476. The molecular formula is C14H17NO. The summed E-state index contributed by atoms with van der Waals surface area (Å²) in [6, 6.07) is 14.2. The summed E-state index contributed by atoms with van der Waals surface area (Å²) in [6.07, 6.45) is -0.476. The zero-order valence-corrected chi connectivity index (χ0v) is 9.64. The van der Waals surface area contributed by atoms with E-state index in [9.17, 15) is 5.11 Å². The number of aliphatic hydroxyl groups is 1. The molecule has 2 atom stereocenters. The van der Waals surface area contributed by atoms with Crippen molar-refractivity contribution in [3.05, 3.63) is 48.0 Å². The average molecular weight is 215 g/mol. The topological polar surface area (TPSA) is 32.3 Å². The molecule has 0 aliphatic carbocycles. The van der Waals surface area contributed by atoms with Crippen LogP contribution >= 0.6 is 0 Å². The molecule has 0 saturated heterocycles. The van der Waals surface area contributed by atoms with Crippen LogP contribution in [0.5, 0.6) is 0 Å². The summed E-state index contributed by atoms with van der Waals surface area (Å²) in [4.78, 5) is 0. The van der Waals surface area contributed by atoms with E-state index in [-0.39, 0.29) is 6.04 Å². The van der Waals surface area contributed by atoms with Gasteiger partial charge in [-0.05, 0) is 30.3 Å². The van der Waals surface area contributed by atoms with Crippen molar-refractivity contribution in [1.29, 1.82) is 0 Å². The number of rotatable bonds is 3.